The van der Waals surface area contributed by atoms with Crippen molar-refractivity contribution in [3.8, 4) is 6.07 Å². The van der Waals surface area contributed by atoms with E-state index in [-0.39, 0.29) is 5.41 Å². The van der Waals surface area contributed by atoms with E-state index in [1.54, 1.807) is 0 Å². The van der Waals surface area contributed by atoms with Gasteiger partial charge in [0.05, 0.1) is 11.5 Å². The van der Waals surface area contributed by atoms with Gasteiger partial charge in [0.1, 0.15) is 0 Å². The molecule has 0 rings (SSSR count). The highest BCUT2D eigenvalue weighted by molar-refractivity contribution is 4.91. The van der Waals surface area contributed by atoms with Gasteiger partial charge >= 0.3 is 0 Å². The molecular formula is C14H27NO. The van der Waals surface area contributed by atoms with Gasteiger partial charge in [-0.15, -0.1) is 0 Å². The van der Waals surface area contributed by atoms with E-state index in [0.29, 0.717) is 5.41 Å². The standard InChI is InChI=1S/C14H27NO/c1-13(2,3)9-11-16-10-7-6-8-14(4,5)12-15/h6-11H2,1-5H3. The molecule has 0 aromatic rings. The maximum Gasteiger partial charge on any atom is 0.0683 e. The van der Waals surface area contributed by atoms with Crippen molar-refractivity contribution in [2.75, 3.05) is 13.2 Å². The fraction of sp³-hybridized carbons (Fsp3) is 0.929. The van der Waals surface area contributed by atoms with E-state index >= 15 is 0 Å². The van der Waals surface area contributed by atoms with Crippen LogP contribution >= 0.6 is 0 Å². The van der Waals surface area contributed by atoms with E-state index in [0.717, 1.165) is 38.9 Å². The van der Waals surface area contributed by atoms with Gasteiger partial charge in [-0.05, 0) is 44.9 Å². The number of hydrogen-bond donors (Lipinski definition) is 0. The summed E-state index contributed by atoms with van der Waals surface area (Å²) in [7, 11) is 0. The first-order chi connectivity index (χ1) is 7.27. The highest BCUT2D eigenvalue weighted by atomic mass is 16.5. The molecule has 0 aliphatic heterocycles. The zero-order chi connectivity index (χ0) is 12.7. The second-order valence-electron chi connectivity index (χ2n) is 6.38. The fourth-order valence-corrected chi connectivity index (χ4v) is 1.31. The van der Waals surface area contributed by atoms with Crippen LogP contribution in [-0.2, 0) is 4.74 Å². The average molecular weight is 225 g/mol. The Balaban J connectivity index is 3.33. The van der Waals surface area contributed by atoms with Crippen molar-refractivity contribution >= 4 is 0 Å². The van der Waals surface area contributed by atoms with Gasteiger partial charge in [-0.3, -0.25) is 0 Å². The first-order valence-electron chi connectivity index (χ1n) is 6.26. The average Bonchev–Trinajstić information content (AvgIpc) is 2.14. The molecule has 0 amide bonds. The number of nitriles is 1. The lowest BCUT2D eigenvalue weighted by molar-refractivity contribution is 0.104. The van der Waals surface area contributed by atoms with E-state index in [2.05, 4.69) is 26.8 Å². The first kappa shape index (κ1) is 15.4. The molecular weight excluding hydrogens is 198 g/mol. The van der Waals surface area contributed by atoms with Crippen LogP contribution in [0.15, 0.2) is 0 Å². The van der Waals surface area contributed by atoms with Gasteiger partial charge in [-0.2, -0.15) is 5.26 Å². The van der Waals surface area contributed by atoms with Crippen molar-refractivity contribution in [1.29, 1.82) is 5.26 Å². The molecule has 0 aliphatic rings. The predicted molar refractivity (Wildman–Crippen MR) is 68.1 cm³/mol. The van der Waals surface area contributed by atoms with Crippen molar-refractivity contribution in [3.63, 3.8) is 0 Å². The third-order valence-corrected chi connectivity index (χ3v) is 2.64. The monoisotopic (exact) mass is 225 g/mol. The Hall–Kier alpha value is -0.550. The van der Waals surface area contributed by atoms with Crippen molar-refractivity contribution < 1.29 is 4.74 Å². The Morgan fingerprint density at radius 3 is 2.06 bits per heavy atom. The molecule has 0 aromatic heterocycles. The highest BCUT2D eigenvalue weighted by Crippen LogP contribution is 2.21. The molecule has 94 valence electrons. The number of nitrogens with zero attached hydrogens (tertiary/aromatic N) is 1. The molecule has 0 aromatic carbocycles. The van der Waals surface area contributed by atoms with E-state index in [9.17, 15) is 0 Å². The maximum atomic E-state index is 8.84. The summed E-state index contributed by atoms with van der Waals surface area (Å²) in [5, 5.41) is 8.84. The summed E-state index contributed by atoms with van der Waals surface area (Å²) in [5.41, 5.74) is 0.189. The van der Waals surface area contributed by atoms with Crippen LogP contribution in [0.3, 0.4) is 0 Å². The van der Waals surface area contributed by atoms with Gasteiger partial charge in [-0.25, -0.2) is 0 Å². The topological polar surface area (TPSA) is 33.0 Å². The molecule has 2 nitrogen and oxygen atoms in total. The van der Waals surface area contributed by atoms with Crippen LogP contribution in [0.1, 0.15) is 60.3 Å². The molecule has 0 fully saturated rings. The van der Waals surface area contributed by atoms with Gasteiger partial charge in [0, 0.05) is 13.2 Å². The van der Waals surface area contributed by atoms with Crippen molar-refractivity contribution in [2.24, 2.45) is 10.8 Å². The molecule has 0 saturated heterocycles. The molecule has 0 spiro atoms. The fourth-order valence-electron chi connectivity index (χ4n) is 1.31. The van der Waals surface area contributed by atoms with E-state index in [4.69, 9.17) is 10.00 Å². The van der Waals surface area contributed by atoms with Crippen molar-refractivity contribution in [2.45, 2.75) is 60.3 Å². The largest absolute Gasteiger partial charge is 0.381 e. The zero-order valence-electron chi connectivity index (χ0n) is 11.6. The molecule has 2 heteroatoms. The van der Waals surface area contributed by atoms with Crippen LogP contribution < -0.4 is 0 Å². The zero-order valence-corrected chi connectivity index (χ0v) is 11.6. The minimum absolute atomic E-state index is 0.175. The van der Waals surface area contributed by atoms with E-state index in [1.165, 1.54) is 0 Å². The normalized spacial score (nSPS) is 12.5. The minimum atomic E-state index is -0.175. The summed E-state index contributed by atoms with van der Waals surface area (Å²) < 4.78 is 5.58. The first-order valence-corrected chi connectivity index (χ1v) is 6.26. The highest BCUT2D eigenvalue weighted by Gasteiger charge is 2.15. The molecule has 0 bridgehead atoms. The number of rotatable bonds is 7. The molecule has 0 unspecified atom stereocenters. The molecule has 16 heavy (non-hydrogen) atoms. The minimum Gasteiger partial charge on any atom is -0.381 e. The van der Waals surface area contributed by atoms with Gasteiger partial charge < -0.3 is 4.74 Å². The van der Waals surface area contributed by atoms with E-state index < -0.39 is 0 Å². The lowest BCUT2D eigenvalue weighted by Crippen LogP contribution is -2.11. The molecule has 0 saturated carbocycles. The Kier molecular flexibility index (Phi) is 6.67. The maximum absolute atomic E-state index is 8.84. The summed E-state index contributed by atoms with van der Waals surface area (Å²) >= 11 is 0. The summed E-state index contributed by atoms with van der Waals surface area (Å²) in [6.45, 7) is 12.4. The van der Waals surface area contributed by atoms with Crippen molar-refractivity contribution in [1.82, 2.24) is 0 Å². The van der Waals surface area contributed by atoms with Gasteiger partial charge in [0.15, 0.2) is 0 Å². The third kappa shape index (κ3) is 9.98. The van der Waals surface area contributed by atoms with Gasteiger partial charge in [0.25, 0.3) is 0 Å². The summed E-state index contributed by atoms with van der Waals surface area (Å²) in [6.07, 6.45) is 4.22. The van der Waals surface area contributed by atoms with Crippen LogP contribution in [0.25, 0.3) is 0 Å². The second-order valence-corrected chi connectivity index (χ2v) is 6.38. The Morgan fingerprint density at radius 2 is 1.56 bits per heavy atom. The SMILES string of the molecule is CC(C)(C)CCOCCCCC(C)(C)C#N. The smallest absolute Gasteiger partial charge is 0.0683 e. The molecule has 0 atom stereocenters. The lowest BCUT2D eigenvalue weighted by Gasteiger charge is -2.18. The number of hydrogen-bond acceptors (Lipinski definition) is 2. The number of unbranched alkanes of at least 4 members (excludes halogenated alkanes) is 1. The van der Waals surface area contributed by atoms with Crippen LogP contribution in [0.4, 0.5) is 0 Å². The quantitative estimate of drug-likeness (QED) is 0.609. The predicted octanol–water partition coefficient (Wildman–Crippen LogP) is 4.16. The molecule has 0 N–H and O–H groups in total. The van der Waals surface area contributed by atoms with Gasteiger partial charge in [0.2, 0.25) is 0 Å². The summed E-state index contributed by atoms with van der Waals surface area (Å²) in [5.74, 6) is 0. The summed E-state index contributed by atoms with van der Waals surface area (Å²) in [4.78, 5) is 0. The van der Waals surface area contributed by atoms with E-state index in [1.807, 2.05) is 13.8 Å². The Labute approximate surface area is 101 Å². The van der Waals surface area contributed by atoms with Crippen molar-refractivity contribution in [3.05, 3.63) is 0 Å². The molecule has 0 radical (unpaired) electrons. The second kappa shape index (κ2) is 6.91. The van der Waals surface area contributed by atoms with Crippen LogP contribution in [0, 0.1) is 22.2 Å². The van der Waals surface area contributed by atoms with Crippen LogP contribution in [-0.4, -0.2) is 13.2 Å². The van der Waals surface area contributed by atoms with Gasteiger partial charge in [-0.1, -0.05) is 20.8 Å². The Morgan fingerprint density at radius 1 is 0.938 bits per heavy atom. The summed E-state index contributed by atoms with van der Waals surface area (Å²) in [6, 6.07) is 2.32. The molecule has 0 heterocycles. The van der Waals surface area contributed by atoms with Crippen LogP contribution in [0.2, 0.25) is 0 Å². The Bertz CT molecular complexity index is 220. The molecule has 0 aliphatic carbocycles. The third-order valence-electron chi connectivity index (χ3n) is 2.64. The van der Waals surface area contributed by atoms with Crippen LogP contribution in [0.5, 0.6) is 0 Å². The lowest BCUT2D eigenvalue weighted by atomic mass is 9.89. The number of ether oxygens (including phenoxy) is 1.